The molecule has 1 heterocycles. The molecule has 31 heavy (non-hydrogen) atoms. The van der Waals surface area contributed by atoms with E-state index in [1.807, 2.05) is 0 Å². The Kier molecular flexibility index (Phi) is 5.38. The highest BCUT2D eigenvalue weighted by Crippen LogP contribution is 2.44. The molecule has 5 heteroatoms. The highest BCUT2D eigenvalue weighted by atomic mass is 16.5. The van der Waals surface area contributed by atoms with Crippen LogP contribution in [0.4, 0.5) is 0 Å². The molecule has 1 aliphatic heterocycles. The van der Waals surface area contributed by atoms with Gasteiger partial charge in [-0.1, -0.05) is 51.1 Å². The Hall–Kier alpha value is -3.08. The first-order valence-corrected chi connectivity index (χ1v) is 10.7. The summed E-state index contributed by atoms with van der Waals surface area (Å²) in [4.78, 5) is 25.8. The summed E-state index contributed by atoms with van der Waals surface area (Å²) >= 11 is 0. The number of phenolic OH excluding ortho intramolecular Hbond substituents is 1. The van der Waals surface area contributed by atoms with E-state index >= 15 is 0 Å². The predicted octanol–water partition coefficient (Wildman–Crippen LogP) is 4.70. The van der Waals surface area contributed by atoms with Crippen molar-refractivity contribution in [1.29, 1.82) is 0 Å². The van der Waals surface area contributed by atoms with Crippen molar-refractivity contribution in [3.05, 3.63) is 70.4 Å². The minimum atomic E-state index is -0.324. The van der Waals surface area contributed by atoms with Gasteiger partial charge in [-0.3, -0.25) is 9.59 Å². The average molecular weight is 420 g/mol. The molecule has 2 unspecified atom stereocenters. The maximum atomic E-state index is 13.3. The van der Waals surface area contributed by atoms with E-state index < -0.39 is 0 Å². The van der Waals surface area contributed by atoms with E-state index in [1.165, 1.54) is 12.7 Å². The summed E-state index contributed by atoms with van der Waals surface area (Å²) < 4.78 is 5.22. The van der Waals surface area contributed by atoms with Crippen LogP contribution in [0.25, 0.3) is 0 Å². The predicted molar refractivity (Wildman–Crippen MR) is 119 cm³/mol. The Labute approximate surface area is 183 Å². The number of allylic oxidation sites excluding steroid dienone is 2. The zero-order valence-corrected chi connectivity index (χ0v) is 18.5. The van der Waals surface area contributed by atoms with Crippen LogP contribution >= 0.6 is 0 Å². The smallest absolute Gasteiger partial charge is 0.225 e. The van der Waals surface area contributed by atoms with Gasteiger partial charge in [0.05, 0.1) is 7.11 Å². The molecule has 2 aromatic carbocycles. The van der Waals surface area contributed by atoms with Crippen LogP contribution < -0.4 is 10.1 Å². The van der Waals surface area contributed by atoms with Gasteiger partial charge in [0.25, 0.3) is 0 Å². The van der Waals surface area contributed by atoms with Gasteiger partial charge < -0.3 is 15.2 Å². The second-order valence-electron chi connectivity index (χ2n) is 9.53. The summed E-state index contributed by atoms with van der Waals surface area (Å²) in [6.45, 7) is 6.54. The van der Waals surface area contributed by atoms with E-state index in [-0.39, 0.29) is 41.1 Å². The van der Waals surface area contributed by atoms with E-state index in [9.17, 15) is 14.7 Å². The number of hydrogen-bond acceptors (Lipinski definition) is 4. The van der Waals surface area contributed by atoms with Crippen LogP contribution in [0.2, 0.25) is 0 Å². The third-order valence-corrected chi connectivity index (χ3v) is 6.39. The molecule has 1 amide bonds. The lowest BCUT2D eigenvalue weighted by atomic mass is 9.73. The number of rotatable bonds is 3. The molecule has 0 saturated heterocycles. The summed E-state index contributed by atoms with van der Waals surface area (Å²) in [6.07, 6.45) is 1.27. The number of aromatic hydroxyl groups is 1. The van der Waals surface area contributed by atoms with Gasteiger partial charge >= 0.3 is 0 Å². The molecule has 5 nitrogen and oxygen atoms in total. The lowest BCUT2D eigenvalue weighted by Crippen LogP contribution is -2.38. The van der Waals surface area contributed by atoms with Gasteiger partial charge in [-0.15, -0.1) is 0 Å². The summed E-state index contributed by atoms with van der Waals surface area (Å²) in [5, 5.41) is 12.9. The number of hydrogen-bond donors (Lipinski definition) is 2. The summed E-state index contributed by atoms with van der Waals surface area (Å²) in [6, 6.07) is 13.5. The SMILES string of the molecule is COc1cc(C2CC(=O)NC3=C2C(=O)CC(c2ccc(C(C)(C)C)cc2)C3)ccc1O. The van der Waals surface area contributed by atoms with Crippen molar-refractivity contribution in [3.63, 3.8) is 0 Å². The molecular formula is C26H29NO4. The summed E-state index contributed by atoms with van der Waals surface area (Å²) in [5.41, 5.74) is 4.68. The molecule has 0 saturated carbocycles. The maximum Gasteiger partial charge on any atom is 0.225 e. The van der Waals surface area contributed by atoms with Crippen molar-refractivity contribution >= 4 is 11.7 Å². The molecule has 4 rings (SSSR count). The molecule has 2 atom stereocenters. The minimum Gasteiger partial charge on any atom is -0.504 e. The molecule has 0 radical (unpaired) electrons. The number of amides is 1. The topological polar surface area (TPSA) is 75.6 Å². The largest absolute Gasteiger partial charge is 0.504 e. The number of carbonyl (C=O) groups is 2. The van der Waals surface area contributed by atoms with E-state index in [1.54, 1.807) is 18.2 Å². The first kappa shape index (κ1) is 21.2. The highest BCUT2D eigenvalue weighted by molar-refractivity contribution is 6.02. The molecule has 2 aromatic rings. The quantitative estimate of drug-likeness (QED) is 0.756. The molecule has 1 aliphatic carbocycles. The first-order valence-electron chi connectivity index (χ1n) is 10.7. The van der Waals surface area contributed by atoms with Crippen LogP contribution in [-0.4, -0.2) is 23.9 Å². The molecule has 0 spiro atoms. The Morgan fingerprint density at radius 3 is 2.29 bits per heavy atom. The van der Waals surface area contributed by atoms with Gasteiger partial charge in [0.2, 0.25) is 5.91 Å². The highest BCUT2D eigenvalue weighted by Gasteiger charge is 2.38. The fraction of sp³-hybridized carbons (Fsp3) is 0.385. The van der Waals surface area contributed by atoms with Crippen molar-refractivity contribution in [2.75, 3.05) is 7.11 Å². The molecule has 0 aromatic heterocycles. The van der Waals surface area contributed by atoms with Crippen LogP contribution in [0.5, 0.6) is 11.5 Å². The normalized spacial score (nSPS) is 21.5. The van der Waals surface area contributed by atoms with Crippen molar-refractivity contribution in [2.45, 2.75) is 57.3 Å². The van der Waals surface area contributed by atoms with Crippen LogP contribution in [0.1, 0.15) is 68.6 Å². The van der Waals surface area contributed by atoms with E-state index in [2.05, 4.69) is 50.4 Å². The third kappa shape index (κ3) is 4.09. The summed E-state index contributed by atoms with van der Waals surface area (Å²) in [7, 11) is 1.48. The van der Waals surface area contributed by atoms with Gasteiger partial charge in [-0.2, -0.15) is 0 Å². The Balaban J connectivity index is 1.66. The molecular weight excluding hydrogens is 390 g/mol. The van der Waals surface area contributed by atoms with Gasteiger partial charge in [0, 0.05) is 30.0 Å². The second-order valence-corrected chi connectivity index (χ2v) is 9.53. The molecule has 162 valence electrons. The van der Waals surface area contributed by atoms with Crippen LogP contribution in [-0.2, 0) is 15.0 Å². The molecule has 2 N–H and O–H groups in total. The van der Waals surface area contributed by atoms with Crippen molar-refractivity contribution in [2.24, 2.45) is 0 Å². The lowest BCUT2D eigenvalue weighted by Gasteiger charge is -2.34. The molecule has 0 fully saturated rings. The lowest BCUT2D eigenvalue weighted by molar-refractivity contribution is -0.122. The number of benzene rings is 2. The average Bonchev–Trinajstić information content (AvgIpc) is 2.72. The Morgan fingerprint density at radius 1 is 0.968 bits per heavy atom. The number of phenols is 1. The van der Waals surface area contributed by atoms with Gasteiger partial charge in [0.15, 0.2) is 17.3 Å². The van der Waals surface area contributed by atoms with Crippen molar-refractivity contribution in [3.8, 4) is 11.5 Å². The van der Waals surface area contributed by atoms with Crippen LogP contribution in [0.15, 0.2) is 53.7 Å². The van der Waals surface area contributed by atoms with Crippen LogP contribution in [0, 0.1) is 0 Å². The van der Waals surface area contributed by atoms with E-state index in [4.69, 9.17) is 4.74 Å². The molecule has 0 bridgehead atoms. The van der Waals surface area contributed by atoms with Crippen molar-refractivity contribution < 1.29 is 19.4 Å². The number of methoxy groups -OCH3 is 1. The Morgan fingerprint density at radius 2 is 1.65 bits per heavy atom. The monoisotopic (exact) mass is 419 g/mol. The number of ketones is 1. The van der Waals surface area contributed by atoms with Gasteiger partial charge in [-0.05, 0) is 46.6 Å². The maximum absolute atomic E-state index is 13.3. The fourth-order valence-corrected chi connectivity index (χ4v) is 4.65. The number of ether oxygens (including phenoxy) is 1. The zero-order valence-electron chi connectivity index (χ0n) is 18.5. The van der Waals surface area contributed by atoms with E-state index in [0.29, 0.717) is 24.2 Å². The Bertz CT molecular complexity index is 1060. The number of carbonyl (C=O) groups excluding carboxylic acids is 2. The van der Waals surface area contributed by atoms with E-state index in [0.717, 1.165) is 16.8 Å². The third-order valence-electron chi connectivity index (χ3n) is 6.39. The second kappa shape index (κ2) is 7.88. The summed E-state index contributed by atoms with van der Waals surface area (Å²) in [5.74, 6) is 0.0827. The first-order chi connectivity index (χ1) is 14.7. The van der Waals surface area contributed by atoms with Gasteiger partial charge in [0.1, 0.15) is 0 Å². The zero-order chi connectivity index (χ0) is 22.3. The minimum absolute atomic E-state index is 0.0365. The number of nitrogens with one attached hydrogen (secondary N) is 1. The molecule has 2 aliphatic rings. The fourth-order valence-electron chi connectivity index (χ4n) is 4.65. The standard InChI is InChI=1S/C26H29NO4/c1-26(2,3)18-8-5-15(6-9-18)17-11-20-25(22(29)12-17)19(14-24(30)27-20)16-7-10-21(28)23(13-16)31-4/h5-10,13,17,19,28H,11-12,14H2,1-4H3,(H,27,30). The van der Waals surface area contributed by atoms with Crippen molar-refractivity contribution in [1.82, 2.24) is 5.32 Å². The van der Waals surface area contributed by atoms with Gasteiger partial charge in [-0.25, -0.2) is 0 Å². The van der Waals surface area contributed by atoms with Crippen LogP contribution in [0.3, 0.4) is 0 Å². The number of Topliss-reactive ketones (excluding diaryl/α,β-unsaturated/α-hetero) is 1.